The molecule has 20 heavy (non-hydrogen) atoms. The number of aromatic carboxylic acids is 1. The molecule has 0 spiro atoms. The van der Waals surface area contributed by atoms with Crippen LogP contribution in [0, 0.1) is 0 Å². The average Bonchev–Trinajstić information content (AvgIpc) is 2.47. The zero-order valence-corrected chi connectivity index (χ0v) is 11.3. The molecule has 1 heterocycles. The Kier molecular flexibility index (Phi) is 4.47. The molecule has 0 aliphatic heterocycles. The molecule has 0 saturated carbocycles. The number of benzene rings is 1. The number of thioether (sulfide) groups is 1. The fraction of sp³-hybridized carbons (Fsp3) is 0.0833. The predicted molar refractivity (Wildman–Crippen MR) is 76.7 cm³/mol. The molecule has 6 nitrogen and oxygen atoms in total. The van der Waals surface area contributed by atoms with Gasteiger partial charge in [-0.1, -0.05) is 17.8 Å². The molecule has 2 aromatic rings. The van der Waals surface area contributed by atoms with Gasteiger partial charge in [0.15, 0.2) is 5.16 Å². The summed E-state index contributed by atoms with van der Waals surface area (Å²) in [5.41, 5.74) is 0.535. The number of hydrogen-bond acceptors (Lipinski definition) is 6. The summed E-state index contributed by atoms with van der Waals surface area (Å²) in [6.07, 6.45) is 3.01. The lowest BCUT2D eigenvalue weighted by Gasteiger charge is -2.09. The van der Waals surface area contributed by atoms with E-state index in [4.69, 9.17) is 17.8 Å². The SMILES string of the molecule is [B]Nc1cccc(Oc2nc(SC)ncc2C(=O)O)c1. The van der Waals surface area contributed by atoms with Crippen molar-refractivity contribution in [3.05, 3.63) is 36.0 Å². The summed E-state index contributed by atoms with van der Waals surface area (Å²) < 4.78 is 5.51. The monoisotopic (exact) mass is 287 g/mol. The Labute approximate surface area is 121 Å². The third-order valence-electron chi connectivity index (χ3n) is 2.36. The first kappa shape index (κ1) is 14.2. The average molecular weight is 287 g/mol. The summed E-state index contributed by atoms with van der Waals surface area (Å²) in [6.45, 7) is 0. The van der Waals surface area contributed by atoms with E-state index in [9.17, 15) is 4.79 Å². The minimum atomic E-state index is -1.15. The lowest BCUT2D eigenvalue weighted by molar-refractivity contribution is 0.0692. The summed E-state index contributed by atoms with van der Waals surface area (Å²) in [4.78, 5) is 19.1. The maximum absolute atomic E-state index is 11.1. The van der Waals surface area contributed by atoms with Crippen LogP contribution in [0.3, 0.4) is 0 Å². The molecule has 0 aliphatic carbocycles. The molecule has 2 rings (SSSR count). The van der Waals surface area contributed by atoms with Gasteiger partial charge in [-0.15, -0.1) is 0 Å². The summed E-state index contributed by atoms with van der Waals surface area (Å²) >= 11 is 1.29. The molecule has 100 valence electrons. The van der Waals surface area contributed by atoms with Crippen LogP contribution in [-0.4, -0.2) is 35.3 Å². The summed E-state index contributed by atoms with van der Waals surface area (Å²) in [5, 5.41) is 12.0. The number of carboxylic acids is 1. The topological polar surface area (TPSA) is 84.3 Å². The zero-order chi connectivity index (χ0) is 14.5. The number of hydrogen-bond donors (Lipinski definition) is 2. The van der Waals surface area contributed by atoms with Gasteiger partial charge in [0, 0.05) is 18.0 Å². The van der Waals surface area contributed by atoms with Crippen LogP contribution in [0.2, 0.25) is 0 Å². The Morgan fingerprint density at radius 3 is 2.95 bits per heavy atom. The number of carbonyl (C=O) groups is 1. The van der Waals surface area contributed by atoms with Gasteiger partial charge in [-0.25, -0.2) is 9.78 Å². The Balaban J connectivity index is 2.37. The quantitative estimate of drug-likeness (QED) is 0.495. The van der Waals surface area contributed by atoms with E-state index in [0.717, 1.165) is 0 Å². The van der Waals surface area contributed by atoms with Gasteiger partial charge in [-0.05, 0) is 18.4 Å². The molecule has 0 saturated heterocycles. The molecule has 2 N–H and O–H groups in total. The Morgan fingerprint density at radius 1 is 1.50 bits per heavy atom. The van der Waals surface area contributed by atoms with Crippen molar-refractivity contribution in [2.24, 2.45) is 0 Å². The van der Waals surface area contributed by atoms with Gasteiger partial charge in [0.05, 0.1) is 0 Å². The number of nitrogens with one attached hydrogen (secondary N) is 1. The molecule has 0 bridgehead atoms. The van der Waals surface area contributed by atoms with Crippen molar-refractivity contribution in [3.63, 3.8) is 0 Å². The zero-order valence-electron chi connectivity index (χ0n) is 10.5. The molecule has 1 aromatic carbocycles. The highest BCUT2D eigenvalue weighted by Gasteiger charge is 2.15. The van der Waals surface area contributed by atoms with Gasteiger partial charge >= 0.3 is 5.97 Å². The number of carboxylic acid groups (broad SMARTS) is 1. The fourth-order valence-electron chi connectivity index (χ4n) is 1.43. The molecule has 2 radical (unpaired) electrons. The van der Waals surface area contributed by atoms with Crippen LogP contribution in [-0.2, 0) is 0 Å². The van der Waals surface area contributed by atoms with E-state index >= 15 is 0 Å². The highest BCUT2D eigenvalue weighted by atomic mass is 32.2. The molecule has 8 heteroatoms. The maximum atomic E-state index is 11.1. The lowest BCUT2D eigenvalue weighted by Crippen LogP contribution is -2.04. The van der Waals surface area contributed by atoms with Crippen molar-refractivity contribution < 1.29 is 14.6 Å². The summed E-state index contributed by atoms with van der Waals surface area (Å²) in [5.74, 6) is -0.736. The van der Waals surface area contributed by atoms with Crippen molar-refractivity contribution in [1.29, 1.82) is 0 Å². The molecule has 0 amide bonds. The van der Waals surface area contributed by atoms with Gasteiger partial charge in [0.25, 0.3) is 0 Å². The first-order chi connectivity index (χ1) is 9.63. The van der Waals surface area contributed by atoms with Crippen LogP contribution >= 0.6 is 11.8 Å². The van der Waals surface area contributed by atoms with E-state index < -0.39 is 5.97 Å². The van der Waals surface area contributed by atoms with Crippen LogP contribution < -0.4 is 9.96 Å². The van der Waals surface area contributed by atoms with Crippen molar-refractivity contribution in [1.82, 2.24) is 9.97 Å². The van der Waals surface area contributed by atoms with Crippen LogP contribution in [0.25, 0.3) is 0 Å². The molecule has 0 fully saturated rings. The second kappa shape index (κ2) is 6.29. The molecule has 1 aromatic heterocycles. The van der Waals surface area contributed by atoms with Gasteiger partial charge in [0.1, 0.15) is 11.3 Å². The number of anilines is 1. The second-order valence-corrected chi connectivity index (χ2v) is 4.43. The first-order valence-electron chi connectivity index (χ1n) is 5.53. The van der Waals surface area contributed by atoms with Crippen LogP contribution in [0.5, 0.6) is 11.6 Å². The number of rotatable bonds is 5. The molecular weight excluding hydrogens is 277 g/mol. The van der Waals surface area contributed by atoms with E-state index in [1.54, 1.807) is 30.5 Å². The van der Waals surface area contributed by atoms with Crippen LogP contribution in [0.4, 0.5) is 5.69 Å². The third kappa shape index (κ3) is 3.21. The molecular formula is C12H10BN3O3S. The number of nitrogens with zero attached hydrogens (tertiary/aromatic N) is 2. The largest absolute Gasteiger partial charge is 0.477 e. The van der Waals surface area contributed by atoms with Crippen LogP contribution in [0.15, 0.2) is 35.6 Å². The first-order valence-corrected chi connectivity index (χ1v) is 6.75. The van der Waals surface area contributed by atoms with Gasteiger partial charge < -0.3 is 15.1 Å². The van der Waals surface area contributed by atoms with Crippen molar-refractivity contribution in [3.8, 4) is 11.6 Å². The molecule has 0 unspecified atom stereocenters. The smallest absolute Gasteiger partial charge is 0.342 e. The minimum absolute atomic E-state index is 0.00831. The normalized spacial score (nSPS) is 10.1. The number of ether oxygens (including phenoxy) is 1. The molecule has 0 atom stereocenters. The predicted octanol–water partition coefficient (Wildman–Crippen LogP) is 2.18. The Hall–Kier alpha value is -2.22. The third-order valence-corrected chi connectivity index (χ3v) is 2.92. The van der Waals surface area contributed by atoms with E-state index in [2.05, 4.69) is 15.2 Å². The standard InChI is InChI=1S/C12H10BN3O3S/c1-20-12-14-6-9(11(17)18)10(15-12)19-8-4-2-3-7(5-8)16-13/h2-6,16H,1H3,(H,17,18). The van der Waals surface area contributed by atoms with E-state index in [1.807, 2.05) is 0 Å². The Bertz CT molecular complexity index is 639. The lowest BCUT2D eigenvalue weighted by atomic mass is 10.2. The van der Waals surface area contributed by atoms with Gasteiger partial charge in [-0.2, -0.15) is 4.98 Å². The highest BCUT2D eigenvalue weighted by Crippen LogP contribution is 2.26. The second-order valence-electron chi connectivity index (χ2n) is 3.65. The van der Waals surface area contributed by atoms with Gasteiger partial charge in [0.2, 0.25) is 13.9 Å². The van der Waals surface area contributed by atoms with Crippen molar-refractivity contribution >= 4 is 31.4 Å². The van der Waals surface area contributed by atoms with Gasteiger partial charge in [-0.3, -0.25) is 0 Å². The number of aromatic nitrogens is 2. The van der Waals surface area contributed by atoms with Crippen LogP contribution in [0.1, 0.15) is 10.4 Å². The van der Waals surface area contributed by atoms with E-state index in [1.165, 1.54) is 18.0 Å². The maximum Gasteiger partial charge on any atom is 0.342 e. The van der Waals surface area contributed by atoms with E-state index in [0.29, 0.717) is 16.6 Å². The highest BCUT2D eigenvalue weighted by molar-refractivity contribution is 7.98. The fourth-order valence-corrected chi connectivity index (χ4v) is 1.77. The summed E-state index contributed by atoms with van der Waals surface area (Å²) in [7, 11) is 5.31. The molecule has 0 aliphatic rings. The minimum Gasteiger partial charge on any atom is -0.477 e. The van der Waals surface area contributed by atoms with Crippen molar-refractivity contribution in [2.45, 2.75) is 5.16 Å². The Morgan fingerprint density at radius 2 is 2.30 bits per heavy atom. The summed E-state index contributed by atoms with van der Waals surface area (Å²) in [6, 6.07) is 6.78. The van der Waals surface area contributed by atoms with Crippen molar-refractivity contribution in [2.75, 3.05) is 11.5 Å². The van der Waals surface area contributed by atoms with E-state index in [-0.39, 0.29) is 11.4 Å².